The van der Waals surface area contributed by atoms with Crippen LogP contribution in [-0.2, 0) is 4.79 Å². The summed E-state index contributed by atoms with van der Waals surface area (Å²) in [7, 11) is 13.6. The lowest BCUT2D eigenvalue weighted by atomic mass is 10.0. The molecular weight excluding hydrogens is 783 g/mol. The van der Waals surface area contributed by atoms with Crippen LogP contribution in [0.15, 0.2) is 125 Å². The SMILES string of the molecule is CN(C)c1nc(N(C)C)nc(N(C)C)n1.CN1CCN(CC(=O)N2c3ccccc3C(=O)Nc3cccnc32)CC1.O=c1cc(-c2ccccc2)oc2ccc3ccccc3c12. The standard InChI is InChI=1S/C19H21N5O2.C19H12O2.C9H18N6/c1-22-9-11-23(12-10-22)13-17(25)24-16-7-3-2-5-14(16)19(26)21-15-6-4-8-20-18(15)24;20-16-12-18(14-7-2-1-3-8-14)21-17-11-10-13-6-4-5-9-15(13)19(16)17;1-13(2)7-10-8(14(3)4)12-9(11-7)15(5)6/h2-8H,9-13H2,1H3,(H,21,26);1-12H;1-6H3. The Bertz CT molecular complexity index is 2690. The number of rotatable bonds is 6. The van der Waals surface area contributed by atoms with Crippen LogP contribution in [0.2, 0.25) is 0 Å². The van der Waals surface area contributed by atoms with Gasteiger partial charge in [-0.25, -0.2) is 4.98 Å². The van der Waals surface area contributed by atoms with E-state index in [0.29, 0.717) is 63.9 Å². The van der Waals surface area contributed by atoms with Gasteiger partial charge < -0.3 is 29.3 Å². The van der Waals surface area contributed by atoms with Gasteiger partial charge in [0.2, 0.25) is 23.8 Å². The number of hydrogen-bond acceptors (Lipinski definition) is 13. The Morgan fingerprint density at radius 1 is 0.710 bits per heavy atom. The number of anilines is 6. The monoisotopic (exact) mass is 833 g/mol. The van der Waals surface area contributed by atoms with E-state index in [1.54, 1.807) is 47.5 Å². The van der Waals surface area contributed by atoms with Crippen LogP contribution in [0.4, 0.5) is 35.0 Å². The van der Waals surface area contributed by atoms with Gasteiger partial charge in [-0.2, -0.15) is 15.0 Å². The number of aromatic nitrogens is 4. The van der Waals surface area contributed by atoms with E-state index in [0.717, 1.165) is 42.5 Å². The summed E-state index contributed by atoms with van der Waals surface area (Å²) in [5.41, 5.74) is 3.11. The van der Waals surface area contributed by atoms with Crippen molar-refractivity contribution in [3.05, 3.63) is 131 Å². The zero-order valence-electron chi connectivity index (χ0n) is 36.1. The van der Waals surface area contributed by atoms with Gasteiger partial charge in [0.1, 0.15) is 11.3 Å². The number of amides is 2. The average Bonchev–Trinajstić information content (AvgIpc) is 3.41. The van der Waals surface area contributed by atoms with Crippen LogP contribution in [0.3, 0.4) is 0 Å². The van der Waals surface area contributed by atoms with E-state index in [1.165, 1.54) is 0 Å². The molecule has 0 bridgehead atoms. The van der Waals surface area contributed by atoms with Crippen molar-refractivity contribution in [3.63, 3.8) is 0 Å². The molecule has 3 aromatic heterocycles. The molecule has 1 N–H and O–H groups in total. The minimum Gasteiger partial charge on any atom is -0.456 e. The van der Waals surface area contributed by atoms with E-state index in [2.05, 4.69) is 42.1 Å². The number of carbonyl (C=O) groups excluding carboxylic acids is 2. The van der Waals surface area contributed by atoms with Crippen molar-refractivity contribution >= 4 is 68.6 Å². The molecule has 0 atom stereocenters. The summed E-state index contributed by atoms with van der Waals surface area (Å²) in [5.74, 6) is 2.74. The Labute approximate surface area is 360 Å². The second-order valence-electron chi connectivity index (χ2n) is 15.6. The van der Waals surface area contributed by atoms with Crippen LogP contribution in [0.25, 0.3) is 33.1 Å². The summed E-state index contributed by atoms with van der Waals surface area (Å²) < 4.78 is 5.94. The van der Waals surface area contributed by atoms with Gasteiger partial charge in [-0.05, 0) is 48.2 Å². The second kappa shape index (κ2) is 19.0. The molecule has 62 heavy (non-hydrogen) atoms. The predicted molar refractivity (Wildman–Crippen MR) is 248 cm³/mol. The Kier molecular flexibility index (Phi) is 13.1. The first-order valence-electron chi connectivity index (χ1n) is 20.3. The van der Waals surface area contributed by atoms with Gasteiger partial charge in [-0.15, -0.1) is 0 Å². The maximum atomic E-state index is 13.2. The van der Waals surface area contributed by atoms with E-state index >= 15 is 0 Å². The highest BCUT2D eigenvalue weighted by atomic mass is 16.3. The number of piperazine rings is 1. The van der Waals surface area contributed by atoms with Gasteiger partial charge in [0.25, 0.3) is 5.91 Å². The quantitative estimate of drug-likeness (QED) is 0.189. The highest BCUT2D eigenvalue weighted by molar-refractivity contribution is 6.17. The minimum absolute atomic E-state index is 0.00750. The third kappa shape index (κ3) is 9.70. The zero-order valence-corrected chi connectivity index (χ0v) is 36.1. The van der Waals surface area contributed by atoms with Gasteiger partial charge in [0.05, 0.1) is 28.9 Å². The molecule has 2 amide bonds. The molecule has 4 aromatic carbocycles. The fourth-order valence-corrected chi connectivity index (χ4v) is 6.98. The lowest BCUT2D eigenvalue weighted by Crippen LogP contribution is -2.48. The van der Waals surface area contributed by atoms with Crippen molar-refractivity contribution in [2.75, 3.05) is 107 Å². The number of pyridine rings is 1. The van der Waals surface area contributed by atoms with Crippen molar-refractivity contribution in [2.45, 2.75) is 0 Å². The molecule has 1 fully saturated rings. The molecule has 318 valence electrons. The lowest BCUT2D eigenvalue weighted by Gasteiger charge is -2.33. The van der Waals surface area contributed by atoms with E-state index in [1.807, 2.05) is 130 Å². The highest BCUT2D eigenvalue weighted by Gasteiger charge is 2.31. The molecular formula is C47H51N11O4. The molecule has 9 rings (SSSR count). The Hall–Kier alpha value is -7.23. The smallest absolute Gasteiger partial charge is 0.257 e. The molecule has 1 saturated heterocycles. The molecule has 0 spiro atoms. The molecule has 15 nitrogen and oxygen atoms in total. The molecule has 2 aliphatic heterocycles. The van der Waals surface area contributed by atoms with Crippen molar-refractivity contribution in [1.29, 1.82) is 0 Å². The van der Waals surface area contributed by atoms with Gasteiger partial charge in [0, 0.05) is 86.3 Å². The summed E-state index contributed by atoms with van der Waals surface area (Å²) in [6.07, 6.45) is 1.63. The van der Waals surface area contributed by atoms with Crippen LogP contribution in [0.5, 0.6) is 0 Å². The van der Waals surface area contributed by atoms with E-state index < -0.39 is 0 Å². The van der Waals surface area contributed by atoms with Crippen LogP contribution < -0.4 is 30.3 Å². The fourth-order valence-electron chi connectivity index (χ4n) is 6.98. The predicted octanol–water partition coefficient (Wildman–Crippen LogP) is 6.24. The highest BCUT2D eigenvalue weighted by Crippen LogP contribution is 2.36. The zero-order chi connectivity index (χ0) is 43.9. The topological polar surface area (TPSA) is 147 Å². The van der Waals surface area contributed by atoms with Crippen molar-refractivity contribution in [3.8, 4) is 11.3 Å². The molecule has 0 saturated carbocycles. The van der Waals surface area contributed by atoms with Gasteiger partial charge in [-0.1, -0.05) is 72.8 Å². The molecule has 5 heterocycles. The number of nitrogens with zero attached hydrogens (tertiary/aromatic N) is 10. The number of carbonyl (C=O) groups is 2. The number of benzene rings is 4. The molecule has 0 aliphatic carbocycles. The Morgan fingerprint density at radius 2 is 1.32 bits per heavy atom. The number of para-hydroxylation sites is 1. The summed E-state index contributed by atoms with van der Waals surface area (Å²) in [5, 5.41) is 5.48. The Morgan fingerprint density at radius 3 is 1.98 bits per heavy atom. The molecule has 7 aromatic rings. The Balaban J connectivity index is 0.000000145. The van der Waals surface area contributed by atoms with E-state index in [9.17, 15) is 14.4 Å². The number of fused-ring (bicyclic) bond motifs is 5. The molecule has 2 aliphatic rings. The third-order valence-electron chi connectivity index (χ3n) is 10.3. The van der Waals surface area contributed by atoms with Crippen LogP contribution in [0.1, 0.15) is 10.4 Å². The van der Waals surface area contributed by atoms with Crippen molar-refractivity contribution < 1.29 is 14.0 Å². The molecule has 0 unspecified atom stereocenters. The first kappa shape index (κ1) is 42.9. The average molecular weight is 834 g/mol. The normalized spacial score (nSPS) is 13.7. The molecule has 0 radical (unpaired) electrons. The summed E-state index contributed by atoms with van der Waals surface area (Å²) in [6, 6.07) is 33.6. The summed E-state index contributed by atoms with van der Waals surface area (Å²) in [4.78, 5) is 67.2. The third-order valence-corrected chi connectivity index (χ3v) is 10.3. The largest absolute Gasteiger partial charge is 0.456 e. The lowest BCUT2D eigenvalue weighted by molar-refractivity contribution is -0.119. The van der Waals surface area contributed by atoms with Crippen LogP contribution >= 0.6 is 0 Å². The van der Waals surface area contributed by atoms with Crippen molar-refractivity contribution in [1.82, 2.24) is 29.7 Å². The number of likely N-dealkylation sites (N-methyl/N-ethyl adjacent to an activating group) is 1. The maximum absolute atomic E-state index is 13.2. The van der Waals surface area contributed by atoms with Crippen molar-refractivity contribution in [2.24, 2.45) is 0 Å². The maximum Gasteiger partial charge on any atom is 0.257 e. The van der Waals surface area contributed by atoms with E-state index in [-0.39, 0.29) is 17.2 Å². The number of nitrogens with one attached hydrogen (secondary N) is 1. The summed E-state index contributed by atoms with van der Waals surface area (Å²) in [6.45, 7) is 3.89. The first-order valence-corrected chi connectivity index (χ1v) is 20.3. The van der Waals surface area contributed by atoms with Gasteiger partial charge in [-0.3, -0.25) is 24.2 Å². The first-order chi connectivity index (χ1) is 29.9. The van der Waals surface area contributed by atoms with Crippen LogP contribution in [0, 0.1) is 0 Å². The molecule has 15 heteroatoms. The van der Waals surface area contributed by atoms with E-state index in [4.69, 9.17) is 4.42 Å². The van der Waals surface area contributed by atoms with Gasteiger partial charge >= 0.3 is 0 Å². The minimum atomic E-state index is -0.232. The fraction of sp³-hybridized carbons (Fsp3) is 0.255. The summed E-state index contributed by atoms with van der Waals surface area (Å²) >= 11 is 0. The number of hydrogen-bond donors (Lipinski definition) is 1. The second-order valence-corrected chi connectivity index (χ2v) is 15.6. The van der Waals surface area contributed by atoms with Gasteiger partial charge in [0.15, 0.2) is 11.2 Å². The van der Waals surface area contributed by atoms with Crippen LogP contribution in [-0.4, -0.2) is 124 Å².